The van der Waals surface area contributed by atoms with Gasteiger partial charge in [0.1, 0.15) is 0 Å². The summed E-state index contributed by atoms with van der Waals surface area (Å²) in [5, 5.41) is 12.6. The lowest BCUT2D eigenvalue weighted by Crippen LogP contribution is -2.35. The van der Waals surface area contributed by atoms with Crippen molar-refractivity contribution in [2.45, 2.75) is 44.8 Å². The Labute approximate surface area is 69.0 Å². The standard InChI is InChI=1S/C9H19NO/c1-7(10-2)8-4-3-5-9(11)6-8/h7-11H,3-6H2,1-2H3. The van der Waals surface area contributed by atoms with E-state index in [9.17, 15) is 5.11 Å². The number of rotatable bonds is 2. The first kappa shape index (κ1) is 9.01. The first-order chi connectivity index (χ1) is 5.24. The molecule has 3 atom stereocenters. The Morgan fingerprint density at radius 2 is 2.18 bits per heavy atom. The molecule has 3 unspecified atom stereocenters. The van der Waals surface area contributed by atoms with E-state index >= 15 is 0 Å². The molecule has 2 nitrogen and oxygen atoms in total. The Morgan fingerprint density at radius 1 is 1.45 bits per heavy atom. The molecule has 0 aromatic heterocycles. The van der Waals surface area contributed by atoms with Gasteiger partial charge in [0.2, 0.25) is 0 Å². The van der Waals surface area contributed by atoms with Gasteiger partial charge >= 0.3 is 0 Å². The molecule has 0 aliphatic heterocycles. The largest absolute Gasteiger partial charge is 0.393 e. The van der Waals surface area contributed by atoms with Crippen LogP contribution in [0.4, 0.5) is 0 Å². The second-order valence-electron chi connectivity index (χ2n) is 3.66. The quantitative estimate of drug-likeness (QED) is 0.630. The summed E-state index contributed by atoms with van der Waals surface area (Å²) in [7, 11) is 1.99. The second kappa shape index (κ2) is 4.07. The van der Waals surface area contributed by atoms with Crippen LogP contribution in [0.2, 0.25) is 0 Å². The van der Waals surface area contributed by atoms with Crippen LogP contribution in [-0.4, -0.2) is 24.3 Å². The Hall–Kier alpha value is -0.0800. The summed E-state index contributed by atoms with van der Waals surface area (Å²) in [6.07, 6.45) is 4.43. The van der Waals surface area contributed by atoms with Gasteiger partial charge in [-0.25, -0.2) is 0 Å². The molecular weight excluding hydrogens is 138 g/mol. The molecule has 0 aromatic carbocycles. The highest BCUT2D eigenvalue weighted by molar-refractivity contribution is 4.78. The van der Waals surface area contributed by atoms with Crippen molar-refractivity contribution >= 4 is 0 Å². The monoisotopic (exact) mass is 157 g/mol. The molecule has 0 saturated heterocycles. The summed E-state index contributed by atoms with van der Waals surface area (Å²) in [5.41, 5.74) is 0. The van der Waals surface area contributed by atoms with Crippen molar-refractivity contribution in [1.29, 1.82) is 0 Å². The normalized spacial score (nSPS) is 35.2. The third kappa shape index (κ3) is 2.46. The molecule has 0 amide bonds. The lowest BCUT2D eigenvalue weighted by atomic mass is 9.83. The van der Waals surface area contributed by atoms with E-state index in [0.717, 1.165) is 12.8 Å². The van der Waals surface area contributed by atoms with Crippen molar-refractivity contribution < 1.29 is 5.11 Å². The topological polar surface area (TPSA) is 32.3 Å². The van der Waals surface area contributed by atoms with E-state index in [2.05, 4.69) is 12.2 Å². The third-order valence-corrected chi connectivity index (χ3v) is 2.85. The van der Waals surface area contributed by atoms with Crippen molar-refractivity contribution in [3.05, 3.63) is 0 Å². The van der Waals surface area contributed by atoms with E-state index in [4.69, 9.17) is 0 Å². The number of aliphatic hydroxyl groups excluding tert-OH is 1. The zero-order chi connectivity index (χ0) is 8.27. The van der Waals surface area contributed by atoms with Gasteiger partial charge in [-0.15, -0.1) is 0 Å². The molecule has 2 heteroatoms. The smallest absolute Gasteiger partial charge is 0.0543 e. The molecule has 1 fully saturated rings. The van der Waals surface area contributed by atoms with Gasteiger partial charge in [-0.2, -0.15) is 0 Å². The minimum absolute atomic E-state index is 0.0375. The molecule has 1 saturated carbocycles. The first-order valence-electron chi connectivity index (χ1n) is 4.59. The predicted octanol–water partition coefficient (Wildman–Crippen LogP) is 1.15. The maximum Gasteiger partial charge on any atom is 0.0543 e. The maximum atomic E-state index is 9.40. The fourth-order valence-corrected chi connectivity index (χ4v) is 1.89. The lowest BCUT2D eigenvalue weighted by Gasteiger charge is -2.30. The molecule has 0 aromatic rings. The van der Waals surface area contributed by atoms with Gasteiger partial charge in [0.05, 0.1) is 6.10 Å². The van der Waals surface area contributed by atoms with E-state index in [1.807, 2.05) is 7.05 Å². The van der Waals surface area contributed by atoms with E-state index in [1.54, 1.807) is 0 Å². The van der Waals surface area contributed by atoms with Crippen LogP contribution in [0.15, 0.2) is 0 Å². The lowest BCUT2D eigenvalue weighted by molar-refractivity contribution is 0.0906. The number of nitrogens with one attached hydrogen (secondary N) is 1. The number of hydrogen-bond donors (Lipinski definition) is 2. The maximum absolute atomic E-state index is 9.40. The Morgan fingerprint density at radius 3 is 2.73 bits per heavy atom. The van der Waals surface area contributed by atoms with Crippen LogP contribution >= 0.6 is 0 Å². The zero-order valence-electron chi connectivity index (χ0n) is 7.51. The summed E-state index contributed by atoms with van der Waals surface area (Å²) < 4.78 is 0. The predicted molar refractivity (Wildman–Crippen MR) is 46.5 cm³/mol. The highest BCUT2D eigenvalue weighted by Gasteiger charge is 2.23. The van der Waals surface area contributed by atoms with Crippen molar-refractivity contribution in [3.63, 3.8) is 0 Å². The van der Waals surface area contributed by atoms with E-state index in [0.29, 0.717) is 12.0 Å². The molecule has 0 radical (unpaired) electrons. The Balaban J connectivity index is 2.33. The average molecular weight is 157 g/mol. The van der Waals surface area contributed by atoms with E-state index in [-0.39, 0.29) is 6.10 Å². The summed E-state index contributed by atoms with van der Waals surface area (Å²) >= 11 is 0. The zero-order valence-corrected chi connectivity index (χ0v) is 7.51. The molecular formula is C9H19NO. The Kier molecular flexibility index (Phi) is 3.34. The van der Waals surface area contributed by atoms with Crippen LogP contribution in [-0.2, 0) is 0 Å². The van der Waals surface area contributed by atoms with Crippen LogP contribution < -0.4 is 5.32 Å². The van der Waals surface area contributed by atoms with E-state index in [1.165, 1.54) is 12.8 Å². The number of aliphatic hydroxyl groups is 1. The molecule has 0 heterocycles. The van der Waals surface area contributed by atoms with Gasteiger partial charge in [-0.1, -0.05) is 6.42 Å². The van der Waals surface area contributed by atoms with Crippen LogP contribution in [0, 0.1) is 5.92 Å². The summed E-state index contributed by atoms with van der Waals surface area (Å²) in [5.74, 6) is 0.684. The van der Waals surface area contributed by atoms with Crippen LogP contribution in [0.25, 0.3) is 0 Å². The van der Waals surface area contributed by atoms with Crippen molar-refractivity contribution in [2.24, 2.45) is 5.92 Å². The van der Waals surface area contributed by atoms with Crippen molar-refractivity contribution in [2.75, 3.05) is 7.05 Å². The summed E-state index contributed by atoms with van der Waals surface area (Å²) in [6, 6.07) is 0.560. The van der Waals surface area contributed by atoms with E-state index < -0.39 is 0 Å². The highest BCUT2D eigenvalue weighted by atomic mass is 16.3. The van der Waals surface area contributed by atoms with Crippen molar-refractivity contribution in [1.82, 2.24) is 5.32 Å². The summed E-state index contributed by atoms with van der Waals surface area (Å²) in [4.78, 5) is 0. The van der Waals surface area contributed by atoms with Gasteiger partial charge < -0.3 is 10.4 Å². The van der Waals surface area contributed by atoms with Crippen molar-refractivity contribution in [3.8, 4) is 0 Å². The molecule has 1 rings (SSSR count). The van der Waals surface area contributed by atoms with Crippen LogP contribution in [0.5, 0.6) is 0 Å². The van der Waals surface area contributed by atoms with Gasteiger partial charge in [-0.05, 0) is 39.2 Å². The van der Waals surface area contributed by atoms with Crippen LogP contribution in [0.1, 0.15) is 32.6 Å². The van der Waals surface area contributed by atoms with Gasteiger partial charge in [0.25, 0.3) is 0 Å². The molecule has 66 valence electrons. The fourth-order valence-electron chi connectivity index (χ4n) is 1.89. The highest BCUT2D eigenvalue weighted by Crippen LogP contribution is 2.26. The second-order valence-corrected chi connectivity index (χ2v) is 3.66. The molecule has 1 aliphatic carbocycles. The third-order valence-electron chi connectivity index (χ3n) is 2.85. The van der Waals surface area contributed by atoms with Gasteiger partial charge in [0.15, 0.2) is 0 Å². The van der Waals surface area contributed by atoms with Crippen LogP contribution in [0.3, 0.4) is 0 Å². The molecule has 2 N–H and O–H groups in total. The SMILES string of the molecule is CNC(C)C1CCCC(O)C1. The van der Waals surface area contributed by atoms with Gasteiger partial charge in [0, 0.05) is 6.04 Å². The summed E-state index contributed by atoms with van der Waals surface area (Å²) in [6.45, 7) is 2.20. The minimum atomic E-state index is -0.0375. The average Bonchev–Trinajstić information content (AvgIpc) is 2.03. The molecule has 11 heavy (non-hydrogen) atoms. The molecule has 1 aliphatic rings. The Bertz CT molecular complexity index is 116. The fraction of sp³-hybridized carbons (Fsp3) is 1.00. The minimum Gasteiger partial charge on any atom is -0.393 e. The molecule has 0 spiro atoms. The molecule has 0 bridgehead atoms. The van der Waals surface area contributed by atoms with Gasteiger partial charge in [-0.3, -0.25) is 0 Å². The first-order valence-corrected chi connectivity index (χ1v) is 4.59. The number of hydrogen-bond acceptors (Lipinski definition) is 2.